The molecule has 3 rings (SSSR count). The van der Waals surface area contributed by atoms with Crippen molar-refractivity contribution in [2.45, 2.75) is 63.8 Å². The summed E-state index contributed by atoms with van der Waals surface area (Å²) in [5, 5.41) is 3.00. The zero-order valence-corrected chi connectivity index (χ0v) is 18.4. The van der Waals surface area contributed by atoms with Crippen LogP contribution in [-0.4, -0.2) is 31.2 Å². The highest BCUT2D eigenvalue weighted by Gasteiger charge is 2.31. The number of nitrogens with zero attached hydrogens (tertiary/aromatic N) is 1. The summed E-state index contributed by atoms with van der Waals surface area (Å²) >= 11 is 0. The molecule has 1 unspecified atom stereocenters. The predicted molar refractivity (Wildman–Crippen MR) is 117 cm³/mol. The van der Waals surface area contributed by atoms with Gasteiger partial charge in [-0.25, -0.2) is 8.42 Å². The van der Waals surface area contributed by atoms with Gasteiger partial charge in [-0.3, -0.25) is 4.79 Å². The number of carbonyl (C=O) groups excluding carboxylic acids is 1. The van der Waals surface area contributed by atoms with E-state index in [9.17, 15) is 13.2 Å². The van der Waals surface area contributed by atoms with Gasteiger partial charge in [-0.1, -0.05) is 44.5 Å². The number of sulfonamides is 1. The van der Waals surface area contributed by atoms with Crippen LogP contribution >= 0.6 is 0 Å². The van der Waals surface area contributed by atoms with Crippen LogP contribution in [-0.2, 0) is 10.0 Å². The minimum atomic E-state index is -3.62. The van der Waals surface area contributed by atoms with Gasteiger partial charge in [0.25, 0.3) is 5.91 Å². The zero-order valence-electron chi connectivity index (χ0n) is 17.6. The van der Waals surface area contributed by atoms with Crippen LogP contribution in [0.5, 0.6) is 0 Å². The summed E-state index contributed by atoms with van der Waals surface area (Å²) in [4.78, 5) is 13.1. The number of hydrogen-bond acceptors (Lipinski definition) is 3. The molecule has 1 saturated heterocycles. The van der Waals surface area contributed by atoms with Gasteiger partial charge in [-0.15, -0.1) is 0 Å². The molecule has 5 nitrogen and oxygen atoms in total. The van der Waals surface area contributed by atoms with Crippen molar-refractivity contribution in [2.24, 2.45) is 0 Å². The lowest BCUT2D eigenvalue weighted by molar-refractivity contribution is 0.102. The molecule has 1 N–H and O–H groups in total. The maximum absolute atomic E-state index is 13.1. The molecular formula is C23H30N2O3S. The van der Waals surface area contributed by atoms with E-state index in [1.165, 1.54) is 6.07 Å². The van der Waals surface area contributed by atoms with Gasteiger partial charge in [0.15, 0.2) is 0 Å². The van der Waals surface area contributed by atoms with Crippen LogP contribution in [0.3, 0.4) is 0 Å². The van der Waals surface area contributed by atoms with E-state index in [1.54, 1.807) is 22.5 Å². The summed E-state index contributed by atoms with van der Waals surface area (Å²) in [6, 6.07) is 12.3. The van der Waals surface area contributed by atoms with E-state index in [1.807, 2.05) is 32.0 Å². The van der Waals surface area contributed by atoms with E-state index in [0.717, 1.165) is 36.1 Å². The lowest BCUT2D eigenvalue weighted by Crippen LogP contribution is -2.41. The quantitative estimate of drug-likeness (QED) is 0.754. The minimum absolute atomic E-state index is 0.0215. The summed E-state index contributed by atoms with van der Waals surface area (Å²) in [5.41, 5.74) is 3.18. The lowest BCUT2D eigenvalue weighted by atomic mass is 9.98. The smallest absolute Gasteiger partial charge is 0.255 e. The number of carbonyl (C=O) groups is 1. The van der Waals surface area contributed by atoms with Crippen molar-refractivity contribution in [3.8, 4) is 0 Å². The predicted octanol–water partition coefficient (Wildman–Crippen LogP) is 4.93. The Hall–Kier alpha value is -2.18. The molecule has 0 aliphatic carbocycles. The van der Waals surface area contributed by atoms with Crippen molar-refractivity contribution < 1.29 is 13.2 Å². The molecular weight excluding hydrogens is 384 g/mol. The second-order valence-corrected chi connectivity index (χ2v) is 10.0. The van der Waals surface area contributed by atoms with E-state index in [-0.39, 0.29) is 22.8 Å². The molecule has 1 aliphatic rings. The number of piperidine rings is 1. The first kappa shape index (κ1) is 21.5. The Morgan fingerprint density at radius 3 is 2.55 bits per heavy atom. The van der Waals surface area contributed by atoms with Gasteiger partial charge in [0.2, 0.25) is 10.0 Å². The Balaban J connectivity index is 1.89. The summed E-state index contributed by atoms with van der Waals surface area (Å²) in [5.74, 6) is -0.0394. The average Bonchev–Trinajstić information content (AvgIpc) is 2.69. The first-order valence-electron chi connectivity index (χ1n) is 10.2. The van der Waals surface area contributed by atoms with Crippen molar-refractivity contribution in [1.29, 1.82) is 0 Å². The van der Waals surface area contributed by atoms with Crippen molar-refractivity contribution in [3.63, 3.8) is 0 Å². The van der Waals surface area contributed by atoms with E-state index in [2.05, 4.69) is 19.2 Å². The van der Waals surface area contributed by atoms with Crippen LogP contribution < -0.4 is 5.32 Å². The Bertz CT molecular complexity index is 999. The first-order chi connectivity index (χ1) is 13.7. The molecule has 1 fully saturated rings. The van der Waals surface area contributed by atoms with E-state index >= 15 is 0 Å². The summed E-state index contributed by atoms with van der Waals surface area (Å²) in [6.07, 6.45) is 2.78. The topological polar surface area (TPSA) is 66.5 Å². The number of para-hydroxylation sites is 1. The molecule has 2 aromatic carbocycles. The maximum Gasteiger partial charge on any atom is 0.255 e. The highest BCUT2D eigenvalue weighted by Crippen LogP contribution is 2.29. The molecule has 0 saturated carbocycles. The highest BCUT2D eigenvalue weighted by molar-refractivity contribution is 7.89. The van der Waals surface area contributed by atoms with Crippen LogP contribution in [0.25, 0.3) is 0 Å². The number of hydrogen-bond donors (Lipinski definition) is 1. The molecule has 2 aromatic rings. The van der Waals surface area contributed by atoms with Crippen LogP contribution in [0.4, 0.5) is 5.69 Å². The fourth-order valence-electron chi connectivity index (χ4n) is 3.89. The maximum atomic E-state index is 13.1. The molecule has 1 amide bonds. The fraction of sp³-hybridized carbons (Fsp3) is 0.435. The number of anilines is 1. The van der Waals surface area contributed by atoms with Crippen LogP contribution in [0.2, 0.25) is 0 Å². The number of nitrogens with one attached hydrogen (secondary N) is 1. The van der Waals surface area contributed by atoms with Crippen molar-refractivity contribution >= 4 is 21.6 Å². The minimum Gasteiger partial charge on any atom is -0.321 e. The second-order valence-electron chi connectivity index (χ2n) is 8.14. The van der Waals surface area contributed by atoms with Gasteiger partial charge in [-0.05, 0) is 61.9 Å². The lowest BCUT2D eigenvalue weighted by Gasteiger charge is -2.32. The normalized spacial score (nSPS) is 18.0. The van der Waals surface area contributed by atoms with Crippen molar-refractivity contribution in [3.05, 3.63) is 59.2 Å². The van der Waals surface area contributed by atoms with Gasteiger partial charge in [-0.2, -0.15) is 4.31 Å². The van der Waals surface area contributed by atoms with Gasteiger partial charge in [0.1, 0.15) is 0 Å². The van der Waals surface area contributed by atoms with Crippen LogP contribution in [0.15, 0.2) is 47.4 Å². The molecule has 0 radical (unpaired) electrons. The average molecular weight is 415 g/mol. The number of amides is 1. The second kappa shape index (κ2) is 8.67. The van der Waals surface area contributed by atoms with E-state index in [0.29, 0.717) is 12.1 Å². The van der Waals surface area contributed by atoms with Crippen molar-refractivity contribution in [2.75, 3.05) is 11.9 Å². The Morgan fingerprint density at radius 1 is 1.14 bits per heavy atom. The Kier molecular flexibility index (Phi) is 6.44. The molecule has 1 heterocycles. The third kappa shape index (κ3) is 4.54. The van der Waals surface area contributed by atoms with Gasteiger partial charge < -0.3 is 5.32 Å². The zero-order chi connectivity index (χ0) is 21.2. The number of benzene rings is 2. The molecule has 156 valence electrons. The van der Waals surface area contributed by atoms with Gasteiger partial charge in [0, 0.05) is 23.8 Å². The highest BCUT2D eigenvalue weighted by atomic mass is 32.2. The van der Waals surface area contributed by atoms with Crippen LogP contribution in [0.1, 0.15) is 67.4 Å². The summed E-state index contributed by atoms with van der Waals surface area (Å²) < 4.78 is 27.8. The van der Waals surface area contributed by atoms with E-state index < -0.39 is 10.0 Å². The molecule has 0 aromatic heterocycles. The van der Waals surface area contributed by atoms with Gasteiger partial charge in [0.05, 0.1) is 4.90 Å². The SMILES string of the molecule is Cc1cccc(C(C)C)c1NC(=O)c1cccc(S(=O)(=O)N2CCCCC2C)c1. The Morgan fingerprint density at radius 2 is 1.86 bits per heavy atom. The first-order valence-corrected chi connectivity index (χ1v) is 11.7. The molecule has 29 heavy (non-hydrogen) atoms. The molecule has 0 bridgehead atoms. The third-order valence-corrected chi connectivity index (χ3v) is 7.62. The molecule has 0 spiro atoms. The Labute approximate surface area is 174 Å². The summed E-state index contributed by atoms with van der Waals surface area (Å²) in [7, 11) is -3.62. The van der Waals surface area contributed by atoms with Gasteiger partial charge >= 0.3 is 0 Å². The van der Waals surface area contributed by atoms with Crippen LogP contribution in [0, 0.1) is 6.92 Å². The molecule has 1 atom stereocenters. The van der Waals surface area contributed by atoms with E-state index in [4.69, 9.17) is 0 Å². The third-order valence-electron chi connectivity index (χ3n) is 5.61. The standard InChI is InChI=1S/C23H30N2O3S/c1-16(2)21-13-7-9-17(3)22(21)24-23(26)19-11-8-12-20(15-19)29(27,28)25-14-6-5-10-18(25)4/h7-9,11-13,15-16,18H,5-6,10,14H2,1-4H3,(H,24,26). The molecule has 1 aliphatic heterocycles. The summed E-state index contributed by atoms with van der Waals surface area (Å²) in [6.45, 7) is 8.59. The molecule has 6 heteroatoms. The monoisotopic (exact) mass is 414 g/mol. The fourth-order valence-corrected chi connectivity index (χ4v) is 5.64. The number of rotatable bonds is 5. The largest absolute Gasteiger partial charge is 0.321 e. The number of aryl methyl sites for hydroxylation is 1. The van der Waals surface area contributed by atoms with Crippen molar-refractivity contribution in [1.82, 2.24) is 4.31 Å².